The average Bonchev–Trinajstić information content (AvgIpc) is 3.57. The van der Waals surface area contributed by atoms with Gasteiger partial charge in [0, 0.05) is 30.0 Å². The molecule has 3 aliphatic rings. The SMILES string of the molecule is O=C(O)CCC(=O)N(C1CC1)[C@H]1c2cc(F)ccc2N(C(=O)OCc2ccccc2)[C@H]2CCC[C@H]21. The minimum Gasteiger partial charge on any atom is -0.481 e. The van der Waals surface area contributed by atoms with E-state index in [1.165, 1.54) is 12.1 Å². The number of anilines is 1. The van der Waals surface area contributed by atoms with Crippen LogP contribution in [0.2, 0.25) is 0 Å². The molecule has 0 radical (unpaired) electrons. The van der Waals surface area contributed by atoms with E-state index in [2.05, 4.69) is 0 Å². The van der Waals surface area contributed by atoms with Gasteiger partial charge in [0.25, 0.3) is 0 Å². The van der Waals surface area contributed by atoms with Crippen molar-refractivity contribution in [2.24, 2.45) is 5.92 Å². The number of carbonyl (C=O) groups excluding carboxylic acids is 2. The molecule has 3 atom stereocenters. The zero-order chi connectivity index (χ0) is 24.5. The minimum atomic E-state index is -1.02. The lowest BCUT2D eigenvalue weighted by Gasteiger charge is -2.47. The number of halogens is 1. The van der Waals surface area contributed by atoms with E-state index >= 15 is 0 Å². The summed E-state index contributed by atoms with van der Waals surface area (Å²) >= 11 is 0. The van der Waals surface area contributed by atoms with Gasteiger partial charge in [-0.2, -0.15) is 0 Å². The molecule has 2 aliphatic carbocycles. The van der Waals surface area contributed by atoms with Crippen molar-refractivity contribution < 1.29 is 28.6 Å². The normalized spacial score (nSPS) is 22.8. The Bertz CT molecular complexity index is 1120. The van der Waals surface area contributed by atoms with Crippen molar-refractivity contribution in [1.82, 2.24) is 4.90 Å². The van der Waals surface area contributed by atoms with E-state index in [0.717, 1.165) is 37.7 Å². The van der Waals surface area contributed by atoms with Crippen LogP contribution in [0.5, 0.6) is 0 Å². The van der Waals surface area contributed by atoms with E-state index in [1.807, 2.05) is 30.3 Å². The fourth-order valence-electron chi connectivity index (χ4n) is 5.71. The second kappa shape index (κ2) is 9.68. The molecule has 184 valence electrons. The predicted molar refractivity (Wildman–Crippen MR) is 126 cm³/mol. The third kappa shape index (κ3) is 4.74. The quantitative estimate of drug-likeness (QED) is 0.599. The van der Waals surface area contributed by atoms with Crippen molar-refractivity contribution in [2.75, 3.05) is 4.90 Å². The maximum absolute atomic E-state index is 14.5. The van der Waals surface area contributed by atoms with Crippen molar-refractivity contribution in [1.29, 1.82) is 0 Å². The molecule has 2 amide bonds. The Hall–Kier alpha value is -3.42. The molecule has 2 aromatic carbocycles. The summed E-state index contributed by atoms with van der Waals surface area (Å²) in [4.78, 5) is 41.2. The van der Waals surface area contributed by atoms with Crippen LogP contribution in [0.4, 0.5) is 14.9 Å². The Morgan fingerprint density at radius 3 is 2.51 bits per heavy atom. The molecule has 0 aromatic heterocycles. The Morgan fingerprint density at radius 1 is 1.03 bits per heavy atom. The van der Waals surface area contributed by atoms with Crippen molar-refractivity contribution in [2.45, 2.75) is 69.7 Å². The summed E-state index contributed by atoms with van der Waals surface area (Å²) in [6, 6.07) is 13.2. The highest BCUT2D eigenvalue weighted by molar-refractivity contribution is 5.91. The lowest BCUT2D eigenvalue weighted by molar-refractivity contribution is -0.142. The molecule has 0 saturated heterocycles. The van der Waals surface area contributed by atoms with Gasteiger partial charge in [0.2, 0.25) is 5.91 Å². The van der Waals surface area contributed by atoms with Gasteiger partial charge in [-0.15, -0.1) is 0 Å². The number of fused-ring (bicyclic) bond motifs is 2. The van der Waals surface area contributed by atoms with Crippen LogP contribution in [0.15, 0.2) is 48.5 Å². The van der Waals surface area contributed by atoms with E-state index < -0.39 is 17.9 Å². The van der Waals surface area contributed by atoms with E-state index in [9.17, 15) is 18.8 Å². The number of carbonyl (C=O) groups is 3. The molecular weight excluding hydrogens is 451 g/mol. The highest BCUT2D eigenvalue weighted by Gasteiger charge is 2.51. The molecule has 7 nitrogen and oxygen atoms in total. The molecule has 5 rings (SSSR count). The third-order valence-corrected chi connectivity index (χ3v) is 7.32. The number of nitrogens with zero attached hydrogens (tertiary/aromatic N) is 2. The van der Waals surface area contributed by atoms with Gasteiger partial charge >= 0.3 is 12.1 Å². The van der Waals surface area contributed by atoms with Gasteiger partial charge in [0.1, 0.15) is 12.4 Å². The molecule has 1 aliphatic heterocycles. The zero-order valence-electron chi connectivity index (χ0n) is 19.4. The van der Waals surface area contributed by atoms with Crippen molar-refractivity contribution in [3.8, 4) is 0 Å². The topological polar surface area (TPSA) is 87.2 Å². The molecule has 35 heavy (non-hydrogen) atoms. The van der Waals surface area contributed by atoms with Gasteiger partial charge in [0.15, 0.2) is 0 Å². The third-order valence-electron chi connectivity index (χ3n) is 7.32. The minimum absolute atomic E-state index is 0.0234. The number of amides is 2. The van der Waals surface area contributed by atoms with E-state index in [-0.39, 0.29) is 49.4 Å². The number of aliphatic carboxylic acids is 1. The number of rotatable bonds is 7. The molecule has 2 aromatic rings. The first-order valence-corrected chi connectivity index (χ1v) is 12.3. The van der Waals surface area contributed by atoms with Gasteiger partial charge < -0.3 is 14.7 Å². The molecule has 1 heterocycles. The van der Waals surface area contributed by atoms with Crippen LogP contribution in [-0.4, -0.2) is 40.1 Å². The van der Waals surface area contributed by atoms with E-state index in [4.69, 9.17) is 9.84 Å². The van der Waals surface area contributed by atoms with Crippen LogP contribution in [0.1, 0.15) is 62.1 Å². The Kier molecular flexibility index (Phi) is 6.45. The summed E-state index contributed by atoms with van der Waals surface area (Å²) in [6.07, 6.45) is 3.33. The van der Waals surface area contributed by atoms with E-state index in [0.29, 0.717) is 11.3 Å². The zero-order valence-corrected chi connectivity index (χ0v) is 19.4. The standard InChI is InChI=1S/C27H29FN2O5/c28-18-9-12-23-21(15-18)26(29(19-10-11-19)24(31)13-14-25(32)33)20-7-4-8-22(20)30(23)27(34)35-16-17-5-2-1-3-6-17/h1-3,5-6,9,12,15,19-20,22,26H,4,7-8,10-11,13-14,16H2,(H,32,33)/t20-,22+,26-/m1/s1. The summed E-state index contributed by atoms with van der Waals surface area (Å²) in [5.41, 5.74) is 2.04. The molecule has 2 fully saturated rings. The highest BCUT2D eigenvalue weighted by Crippen LogP contribution is 2.53. The number of carboxylic acids is 1. The average molecular weight is 481 g/mol. The summed E-state index contributed by atoms with van der Waals surface area (Å²) in [6.45, 7) is 0.134. The monoisotopic (exact) mass is 480 g/mol. The molecule has 0 unspecified atom stereocenters. The second-order valence-electron chi connectivity index (χ2n) is 9.65. The van der Waals surface area contributed by atoms with Gasteiger partial charge in [-0.3, -0.25) is 14.5 Å². The molecular formula is C27H29FN2O5. The van der Waals surface area contributed by atoms with Crippen LogP contribution >= 0.6 is 0 Å². The Balaban J connectivity index is 1.49. The largest absolute Gasteiger partial charge is 0.481 e. The molecule has 1 N–H and O–H groups in total. The first kappa shape index (κ1) is 23.3. The first-order chi connectivity index (χ1) is 16.9. The number of benzene rings is 2. The smallest absolute Gasteiger partial charge is 0.414 e. The second-order valence-corrected chi connectivity index (χ2v) is 9.65. The van der Waals surface area contributed by atoms with Gasteiger partial charge in [-0.25, -0.2) is 9.18 Å². The summed E-state index contributed by atoms with van der Waals surface area (Å²) in [5.74, 6) is -1.74. The molecule has 2 saturated carbocycles. The number of hydrogen-bond donors (Lipinski definition) is 1. The van der Waals surface area contributed by atoms with Crippen molar-refractivity contribution >= 4 is 23.7 Å². The summed E-state index contributed by atoms with van der Waals surface area (Å²) < 4.78 is 20.2. The van der Waals surface area contributed by atoms with Crippen LogP contribution in [-0.2, 0) is 20.9 Å². The van der Waals surface area contributed by atoms with Crippen LogP contribution < -0.4 is 4.90 Å². The fraction of sp³-hybridized carbons (Fsp3) is 0.444. The first-order valence-electron chi connectivity index (χ1n) is 12.3. The van der Waals surface area contributed by atoms with Crippen molar-refractivity contribution in [3.05, 3.63) is 65.5 Å². The maximum atomic E-state index is 14.5. The molecule has 8 heteroatoms. The number of carboxylic acid groups (broad SMARTS) is 1. The predicted octanol–water partition coefficient (Wildman–Crippen LogP) is 5.05. The molecule has 0 bridgehead atoms. The van der Waals surface area contributed by atoms with Gasteiger partial charge in [0.05, 0.1) is 18.2 Å². The lowest BCUT2D eigenvalue weighted by Crippen LogP contribution is -2.53. The number of ether oxygens (including phenoxy) is 1. The van der Waals surface area contributed by atoms with E-state index in [1.54, 1.807) is 15.9 Å². The maximum Gasteiger partial charge on any atom is 0.414 e. The van der Waals surface area contributed by atoms with Crippen LogP contribution in [0, 0.1) is 11.7 Å². The Labute approximate surface area is 203 Å². The van der Waals surface area contributed by atoms with Crippen LogP contribution in [0.25, 0.3) is 0 Å². The lowest BCUT2D eigenvalue weighted by atomic mass is 9.81. The van der Waals surface area contributed by atoms with Gasteiger partial charge in [-0.05, 0) is 49.4 Å². The summed E-state index contributed by atoms with van der Waals surface area (Å²) in [7, 11) is 0. The van der Waals surface area contributed by atoms with Gasteiger partial charge in [-0.1, -0.05) is 36.8 Å². The fourth-order valence-corrected chi connectivity index (χ4v) is 5.71. The summed E-state index contributed by atoms with van der Waals surface area (Å²) in [5, 5.41) is 9.10. The highest BCUT2D eigenvalue weighted by atomic mass is 19.1. The van der Waals surface area contributed by atoms with Crippen LogP contribution in [0.3, 0.4) is 0 Å². The Morgan fingerprint density at radius 2 is 1.80 bits per heavy atom. The number of hydrogen-bond acceptors (Lipinski definition) is 4. The van der Waals surface area contributed by atoms with Crippen molar-refractivity contribution in [3.63, 3.8) is 0 Å². The molecule has 0 spiro atoms.